The fourth-order valence-electron chi connectivity index (χ4n) is 3.84. The molecule has 0 aliphatic carbocycles. The zero-order chi connectivity index (χ0) is 25.5. The summed E-state index contributed by atoms with van der Waals surface area (Å²) in [4.78, 5) is 12.9. The number of para-hydroxylation sites is 1. The van der Waals surface area contributed by atoms with Crippen LogP contribution in [-0.2, 0) is 16.0 Å². The molecular weight excluding hydrogens is 478 g/mol. The summed E-state index contributed by atoms with van der Waals surface area (Å²) in [6.45, 7) is 2.24. The van der Waals surface area contributed by atoms with Crippen molar-refractivity contribution in [1.82, 2.24) is 0 Å². The van der Waals surface area contributed by atoms with Gasteiger partial charge in [-0.2, -0.15) is 0 Å². The molecule has 0 unspecified atom stereocenters. The normalized spacial score (nSPS) is 10.7. The Labute approximate surface area is 214 Å². The molecule has 0 bridgehead atoms. The van der Waals surface area contributed by atoms with Crippen molar-refractivity contribution in [1.29, 1.82) is 0 Å². The van der Waals surface area contributed by atoms with E-state index in [4.69, 9.17) is 23.7 Å². The molecule has 0 spiro atoms. The number of ether oxygens (including phenoxy) is 5. The number of carbonyl (C=O) groups is 1. The second-order valence-electron chi connectivity index (χ2n) is 7.83. The summed E-state index contributed by atoms with van der Waals surface area (Å²) in [7, 11) is 4.87. The van der Waals surface area contributed by atoms with Crippen LogP contribution >= 0.6 is 11.3 Å². The van der Waals surface area contributed by atoms with Gasteiger partial charge in [0.05, 0.1) is 32.8 Å². The van der Waals surface area contributed by atoms with Crippen LogP contribution in [0.5, 0.6) is 28.7 Å². The zero-order valence-corrected chi connectivity index (χ0v) is 21.6. The molecule has 0 atom stereocenters. The molecule has 7 nitrogen and oxygen atoms in total. The minimum atomic E-state index is -0.295. The molecule has 0 radical (unpaired) electrons. The van der Waals surface area contributed by atoms with Gasteiger partial charge in [-0.25, -0.2) is 0 Å². The number of methoxy groups -OCH3 is 3. The van der Waals surface area contributed by atoms with Gasteiger partial charge < -0.3 is 29.0 Å². The Morgan fingerprint density at radius 1 is 0.889 bits per heavy atom. The molecule has 1 aromatic heterocycles. The number of rotatable bonds is 11. The SMILES string of the molecule is CCOC(=O)CNc1ccccc1Cc1sc2cc(OC)c(OC)cc2c1Oc1ccc(OC)cc1. The van der Waals surface area contributed by atoms with Crippen LogP contribution in [0.3, 0.4) is 0 Å². The number of nitrogens with one attached hydrogen (secondary N) is 1. The maximum absolute atomic E-state index is 11.9. The second kappa shape index (κ2) is 11.7. The van der Waals surface area contributed by atoms with Crippen LogP contribution in [0.2, 0.25) is 0 Å². The standard InChI is InChI=1S/C28H29NO6S/c1-5-34-27(30)17-29-22-9-7-6-8-18(22)14-26-28(35-20-12-10-19(31-2)11-13-20)21-15-23(32-3)24(33-4)16-25(21)36-26/h6-13,15-16,29H,5,14,17H2,1-4H3. The van der Waals surface area contributed by atoms with Gasteiger partial charge in [-0.1, -0.05) is 18.2 Å². The molecule has 0 saturated heterocycles. The van der Waals surface area contributed by atoms with E-state index in [2.05, 4.69) is 5.32 Å². The topological polar surface area (TPSA) is 75.3 Å². The molecule has 4 rings (SSSR count). The molecule has 0 amide bonds. The third-order valence-corrected chi connectivity index (χ3v) is 6.73. The third-order valence-electron chi connectivity index (χ3n) is 5.59. The number of anilines is 1. The van der Waals surface area contributed by atoms with Crippen LogP contribution in [0, 0.1) is 0 Å². The summed E-state index contributed by atoms with van der Waals surface area (Å²) in [5.74, 6) is 3.19. The molecule has 3 aromatic carbocycles. The Bertz CT molecular complexity index is 1330. The lowest BCUT2D eigenvalue weighted by Gasteiger charge is -2.13. The first-order valence-electron chi connectivity index (χ1n) is 11.5. The van der Waals surface area contributed by atoms with Crippen molar-refractivity contribution in [3.05, 3.63) is 71.1 Å². The Hall–Kier alpha value is -3.91. The van der Waals surface area contributed by atoms with E-state index >= 15 is 0 Å². The van der Waals surface area contributed by atoms with E-state index in [9.17, 15) is 4.79 Å². The zero-order valence-electron chi connectivity index (χ0n) is 20.8. The van der Waals surface area contributed by atoms with E-state index in [1.165, 1.54) is 0 Å². The molecule has 0 aliphatic rings. The van der Waals surface area contributed by atoms with Gasteiger partial charge in [0, 0.05) is 28.3 Å². The molecular formula is C28H29NO6S. The van der Waals surface area contributed by atoms with Crippen molar-refractivity contribution in [2.24, 2.45) is 0 Å². The first-order chi connectivity index (χ1) is 17.6. The van der Waals surface area contributed by atoms with Gasteiger partial charge in [0.2, 0.25) is 0 Å². The smallest absolute Gasteiger partial charge is 0.325 e. The summed E-state index contributed by atoms with van der Waals surface area (Å²) in [6.07, 6.45) is 0.599. The molecule has 8 heteroatoms. The van der Waals surface area contributed by atoms with E-state index in [-0.39, 0.29) is 12.5 Å². The highest BCUT2D eigenvalue weighted by molar-refractivity contribution is 7.19. The van der Waals surface area contributed by atoms with Gasteiger partial charge >= 0.3 is 5.97 Å². The monoisotopic (exact) mass is 507 g/mol. The average molecular weight is 508 g/mol. The molecule has 1 N–H and O–H groups in total. The summed E-state index contributed by atoms with van der Waals surface area (Å²) in [5.41, 5.74) is 1.90. The van der Waals surface area contributed by atoms with Crippen molar-refractivity contribution in [3.63, 3.8) is 0 Å². The van der Waals surface area contributed by atoms with Crippen LogP contribution in [-0.4, -0.2) is 40.5 Å². The first kappa shape index (κ1) is 25.2. The molecule has 4 aromatic rings. The van der Waals surface area contributed by atoms with Crippen molar-refractivity contribution >= 4 is 33.1 Å². The summed E-state index contributed by atoms with van der Waals surface area (Å²) in [6, 6.07) is 19.3. The maximum Gasteiger partial charge on any atom is 0.325 e. The van der Waals surface area contributed by atoms with E-state index in [1.54, 1.807) is 39.6 Å². The number of thiophene rings is 1. The van der Waals surface area contributed by atoms with Crippen molar-refractivity contribution < 1.29 is 28.5 Å². The van der Waals surface area contributed by atoms with E-state index in [0.717, 1.165) is 37.7 Å². The summed E-state index contributed by atoms with van der Waals surface area (Å²) < 4.78 is 28.9. The van der Waals surface area contributed by atoms with Crippen molar-refractivity contribution in [2.45, 2.75) is 13.3 Å². The number of esters is 1. The summed E-state index contributed by atoms with van der Waals surface area (Å²) in [5, 5.41) is 4.14. The van der Waals surface area contributed by atoms with E-state index in [0.29, 0.717) is 30.3 Å². The fraction of sp³-hybridized carbons (Fsp3) is 0.250. The Morgan fingerprint density at radius 3 is 2.28 bits per heavy atom. The van der Waals surface area contributed by atoms with E-state index < -0.39 is 0 Å². The van der Waals surface area contributed by atoms with Gasteiger partial charge in [0.15, 0.2) is 11.5 Å². The molecule has 36 heavy (non-hydrogen) atoms. The van der Waals surface area contributed by atoms with Gasteiger partial charge in [-0.05, 0) is 48.9 Å². The maximum atomic E-state index is 11.9. The van der Waals surface area contributed by atoms with Crippen molar-refractivity contribution in [3.8, 4) is 28.7 Å². The highest BCUT2D eigenvalue weighted by Crippen LogP contribution is 2.46. The first-order valence-corrected chi connectivity index (χ1v) is 12.3. The molecule has 0 aliphatic heterocycles. The molecule has 188 valence electrons. The highest BCUT2D eigenvalue weighted by atomic mass is 32.1. The van der Waals surface area contributed by atoms with Crippen LogP contribution < -0.4 is 24.3 Å². The molecule has 0 saturated carbocycles. The predicted molar refractivity (Wildman–Crippen MR) is 142 cm³/mol. The highest BCUT2D eigenvalue weighted by Gasteiger charge is 2.20. The number of carbonyl (C=O) groups excluding carboxylic acids is 1. The quantitative estimate of drug-likeness (QED) is 0.239. The Morgan fingerprint density at radius 2 is 1.58 bits per heavy atom. The van der Waals surface area contributed by atoms with Crippen LogP contribution in [0.4, 0.5) is 5.69 Å². The van der Waals surface area contributed by atoms with Gasteiger partial charge in [-0.3, -0.25) is 4.79 Å². The third kappa shape index (κ3) is 5.66. The predicted octanol–water partition coefficient (Wildman–Crippen LogP) is 6.29. The van der Waals surface area contributed by atoms with Gasteiger partial charge in [-0.15, -0.1) is 11.3 Å². The lowest BCUT2D eigenvalue weighted by Crippen LogP contribution is -2.17. The van der Waals surface area contributed by atoms with Gasteiger partial charge in [0.25, 0.3) is 0 Å². The Balaban J connectivity index is 1.73. The molecule has 1 heterocycles. The minimum Gasteiger partial charge on any atom is -0.497 e. The minimum absolute atomic E-state index is 0.0981. The number of hydrogen-bond acceptors (Lipinski definition) is 8. The Kier molecular flexibility index (Phi) is 8.17. The largest absolute Gasteiger partial charge is 0.497 e. The van der Waals surface area contributed by atoms with Crippen LogP contribution in [0.1, 0.15) is 17.4 Å². The fourth-order valence-corrected chi connectivity index (χ4v) is 5.01. The van der Waals surface area contributed by atoms with Crippen molar-refractivity contribution in [2.75, 3.05) is 39.8 Å². The summed E-state index contributed by atoms with van der Waals surface area (Å²) >= 11 is 1.63. The lowest BCUT2D eigenvalue weighted by atomic mass is 10.1. The van der Waals surface area contributed by atoms with Gasteiger partial charge in [0.1, 0.15) is 23.8 Å². The number of hydrogen-bond donors (Lipinski definition) is 1. The van der Waals surface area contributed by atoms with Crippen LogP contribution in [0.25, 0.3) is 10.1 Å². The van der Waals surface area contributed by atoms with Crippen LogP contribution in [0.15, 0.2) is 60.7 Å². The lowest BCUT2D eigenvalue weighted by molar-refractivity contribution is -0.140. The number of benzene rings is 3. The average Bonchev–Trinajstić information content (AvgIpc) is 3.23. The van der Waals surface area contributed by atoms with E-state index in [1.807, 2.05) is 60.7 Å². The second-order valence-corrected chi connectivity index (χ2v) is 8.96. The molecule has 0 fully saturated rings. The number of fused-ring (bicyclic) bond motifs is 1.